The van der Waals surface area contributed by atoms with E-state index in [1.807, 2.05) is 24.3 Å². The fraction of sp³-hybridized carbons (Fsp3) is 0.143. The summed E-state index contributed by atoms with van der Waals surface area (Å²) in [5, 5.41) is 5.14. The summed E-state index contributed by atoms with van der Waals surface area (Å²) >= 11 is 15.8. The molecule has 0 aliphatic heterocycles. The summed E-state index contributed by atoms with van der Waals surface area (Å²) in [7, 11) is 1.64. The molecule has 2 aromatic carbocycles. The second kappa shape index (κ2) is 6.51. The van der Waals surface area contributed by atoms with Crippen LogP contribution >= 0.6 is 39.1 Å². The van der Waals surface area contributed by atoms with Gasteiger partial charge in [-0.2, -0.15) is 0 Å². The highest BCUT2D eigenvalue weighted by Gasteiger charge is 2.09. The Labute approximate surface area is 130 Å². The number of hydrogen-bond donors (Lipinski definition) is 1. The summed E-state index contributed by atoms with van der Waals surface area (Å²) in [6, 6.07) is 11.2. The number of halogens is 3. The van der Waals surface area contributed by atoms with E-state index >= 15 is 0 Å². The highest BCUT2D eigenvalue weighted by Crippen LogP contribution is 2.34. The standard InChI is InChI=1S/C14H12BrCl2NO/c1-19-10-5-6-13(9(7-10)8-15)18-14-11(16)3-2-4-12(14)17/h2-7,18H,8H2,1H3. The predicted molar refractivity (Wildman–Crippen MR) is 85.4 cm³/mol. The molecule has 2 nitrogen and oxygen atoms in total. The first-order valence-corrected chi connectivity index (χ1v) is 7.47. The van der Waals surface area contributed by atoms with Crippen LogP contribution in [0.3, 0.4) is 0 Å². The van der Waals surface area contributed by atoms with Gasteiger partial charge < -0.3 is 10.1 Å². The molecule has 0 saturated carbocycles. The van der Waals surface area contributed by atoms with Gasteiger partial charge in [0.05, 0.1) is 22.8 Å². The highest BCUT2D eigenvalue weighted by molar-refractivity contribution is 9.08. The molecule has 0 heterocycles. The quantitative estimate of drug-likeness (QED) is 0.712. The van der Waals surface area contributed by atoms with E-state index in [-0.39, 0.29) is 0 Å². The van der Waals surface area contributed by atoms with Gasteiger partial charge in [0, 0.05) is 11.0 Å². The average molecular weight is 361 g/mol. The van der Waals surface area contributed by atoms with Crippen LogP contribution in [0.5, 0.6) is 5.75 Å². The summed E-state index contributed by atoms with van der Waals surface area (Å²) in [5.41, 5.74) is 2.71. The molecule has 0 aliphatic rings. The molecule has 2 aromatic rings. The lowest BCUT2D eigenvalue weighted by atomic mass is 10.2. The van der Waals surface area contributed by atoms with Crippen molar-refractivity contribution in [1.29, 1.82) is 0 Å². The van der Waals surface area contributed by atoms with E-state index in [0.29, 0.717) is 21.1 Å². The molecule has 100 valence electrons. The molecule has 1 N–H and O–H groups in total. The lowest BCUT2D eigenvalue weighted by Gasteiger charge is -2.14. The minimum atomic E-state index is 0.587. The van der Waals surface area contributed by atoms with Crippen LogP contribution in [0.15, 0.2) is 36.4 Å². The smallest absolute Gasteiger partial charge is 0.119 e. The first-order chi connectivity index (χ1) is 9.15. The number of nitrogens with one attached hydrogen (secondary N) is 1. The van der Waals surface area contributed by atoms with Crippen molar-refractivity contribution in [3.8, 4) is 5.75 Å². The van der Waals surface area contributed by atoms with Crippen molar-refractivity contribution in [2.75, 3.05) is 12.4 Å². The van der Waals surface area contributed by atoms with E-state index < -0.39 is 0 Å². The number of rotatable bonds is 4. The molecule has 0 aliphatic carbocycles. The number of alkyl halides is 1. The van der Waals surface area contributed by atoms with Gasteiger partial charge in [-0.15, -0.1) is 0 Å². The molecule has 0 fully saturated rings. The lowest BCUT2D eigenvalue weighted by molar-refractivity contribution is 0.414. The minimum Gasteiger partial charge on any atom is -0.497 e. The highest BCUT2D eigenvalue weighted by atomic mass is 79.9. The molecular formula is C14H12BrCl2NO. The number of benzene rings is 2. The zero-order valence-corrected chi connectivity index (χ0v) is 13.3. The van der Waals surface area contributed by atoms with Crippen molar-refractivity contribution in [2.45, 2.75) is 5.33 Å². The van der Waals surface area contributed by atoms with Crippen molar-refractivity contribution in [2.24, 2.45) is 0 Å². The Kier molecular flexibility index (Phi) is 4.97. The van der Waals surface area contributed by atoms with Gasteiger partial charge in [0.15, 0.2) is 0 Å². The fourth-order valence-corrected chi connectivity index (χ4v) is 2.64. The van der Waals surface area contributed by atoms with Gasteiger partial charge in [0.1, 0.15) is 5.75 Å². The van der Waals surface area contributed by atoms with Crippen LogP contribution in [0.25, 0.3) is 0 Å². The molecule has 0 aromatic heterocycles. The molecule has 19 heavy (non-hydrogen) atoms. The lowest BCUT2D eigenvalue weighted by Crippen LogP contribution is -1.97. The van der Waals surface area contributed by atoms with E-state index in [4.69, 9.17) is 27.9 Å². The van der Waals surface area contributed by atoms with E-state index in [9.17, 15) is 0 Å². The third kappa shape index (κ3) is 3.35. The zero-order chi connectivity index (χ0) is 13.8. The molecule has 0 saturated heterocycles. The number of para-hydroxylation sites is 1. The normalized spacial score (nSPS) is 10.3. The first kappa shape index (κ1) is 14.5. The monoisotopic (exact) mass is 359 g/mol. The fourth-order valence-electron chi connectivity index (χ4n) is 1.68. The van der Waals surface area contributed by atoms with Crippen molar-refractivity contribution >= 4 is 50.5 Å². The second-order valence-electron chi connectivity index (χ2n) is 3.88. The second-order valence-corrected chi connectivity index (χ2v) is 5.25. The SMILES string of the molecule is COc1ccc(Nc2c(Cl)cccc2Cl)c(CBr)c1. The molecular weight excluding hydrogens is 349 g/mol. The van der Waals surface area contributed by atoms with Crippen LogP contribution in [0.1, 0.15) is 5.56 Å². The Bertz CT molecular complexity index is 569. The van der Waals surface area contributed by atoms with Crippen molar-refractivity contribution in [1.82, 2.24) is 0 Å². The molecule has 0 amide bonds. The van der Waals surface area contributed by atoms with Crippen LogP contribution in [-0.2, 0) is 5.33 Å². The van der Waals surface area contributed by atoms with E-state index in [1.165, 1.54) is 0 Å². The predicted octanol–water partition coefficient (Wildman–Crippen LogP) is 5.64. The molecule has 0 spiro atoms. The largest absolute Gasteiger partial charge is 0.497 e. The van der Waals surface area contributed by atoms with Crippen LogP contribution in [0, 0.1) is 0 Å². The Morgan fingerprint density at radius 3 is 2.42 bits per heavy atom. The molecule has 0 bridgehead atoms. The van der Waals surface area contributed by atoms with Gasteiger partial charge in [-0.25, -0.2) is 0 Å². The zero-order valence-electron chi connectivity index (χ0n) is 10.2. The van der Waals surface area contributed by atoms with Crippen LogP contribution in [0.2, 0.25) is 10.0 Å². The minimum absolute atomic E-state index is 0.587. The molecule has 0 atom stereocenters. The van der Waals surface area contributed by atoms with Gasteiger partial charge in [-0.3, -0.25) is 0 Å². The van der Waals surface area contributed by atoms with Crippen molar-refractivity contribution < 1.29 is 4.74 Å². The average Bonchev–Trinajstić information content (AvgIpc) is 2.43. The number of ether oxygens (including phenoxy) is 1. The van der Waals surface area contributed by atoms with Gasteiger partial charge in [-0.05, 0) is 35.9 Å². The van der Waals surface area contributed by atoms with E-state index in [1.54, 1.807) is 19.2 Å². The topological polar surface area (TPSA) is 21.3 Å². The maximum absolute atomic E-state index is 6.15. The van der Waals surface area contributed by atoms with Gasteiger partial charge >= 0.3 is 0 Å². The number of anilines is 2. The van der Waals surface area contributed by atoms with E-state index in [0.717, 1.165) is 17.0 Å². The Morgan fingerprint density at radius 2 is 1.84 bits per heavy atom. The van der Waals surface area contributed by atoms with Crippen molar-refractivity contribution in [3.63, 3.8) is 0 Å². The summed E-state index contributed by atoms with van der Waals surface area (Å²) in [4.78, 5) is 0. The molecule has 0 radical (unpaired) electrons. The van der Waals surface area contributed by atoms with Crippen molar-refractivity contribution in [3.05, 3.63) is 52.0 Å². The first-order valence-electron chi connectivity index (χ1n) is 5.59. The summed E-state index contributed by atoms with van der Waals surface area (Å²) < 4.78 is 5.21. The van der Waals surface area contributed by atoms with Crippen LogP contribution in [0.4, 0.5) is 11.4 Å². The van der Waals surface area contributed by atoms with Gasteiger partial charge in [0.25, 0.3) is 0 Å². The third-order valence-electron chi connectivity index (χ3n) is 2.68. The Morgan fingerprint density at radius 1 is 1.16 bits per heavy atom. The van der Waals surface area contributed by atoms with Crippen LogP contribution < -0.4 is 10.1 Å². The van der Waals surface area contributed by atoms with Crippen LogP contribution in [-0.4, -0.2) is 7.11 Å². The maximum Gasteiger partial charge on any atom is 0.119 e. The van der Waals surface area contributed by atoms with Gasteiger partial charge in [-0.1, -0.05) is 45.2 Å². The summed E-state index contributed by atoms with van der Waals surface area (Å²) in [5.74, 6) is 0.810. The molecule has 0 unspecified atom stereocenters. The number of hydrogen-bond acceptors (Lipinski definition) is 2. The summed E-state index contributed by atoms with van der Waals surface area (Å²) in [6.45, 7) is 0. The van der Waals surface area contributed by atoms with E-state index in [2.05, 4.69) is 21.2 Å². The maximum atomic E-state index is 6.15. The third-order valence-corrected chi connectivity index (χ3v) is 3.91. The molecule has 2 rings (SSSR count). The molecule has 5 heteroatoms. The Hall–Kier alpha value is -0.900. The number of methoxy groups -OCH3 is 1. The van der Waals surface area contributed by atoms with Gasteiger partial charge in [0.2, 0.25) is 0 Å². The summed E-state index contributed by atoms with van der Waals surface area (Å²) in [6.07, 6.45) is 0. The Balaban J connectivity index is 2.38.